The van der Waals surface area contributed by atoms with Crippen molar-refractivity contribution >= 4 is 5.91 Å². The maximum atomic E-state index is 12.5. The van der Waals surface area contributed by atoms with Gasteiger partial charge in [0.1, 0.15) is 0 Å². The average molecular weight is 252 g/mol. The van der Waals surface area contributed by atoms with Gasteiger partial charge in [0.2, 0.25) is 5.91 Å². The molecule has 1 amide bonds. The number of hydrogen-bond donors (Lipinski definition) is 1. The Morgan fingerprint density at radius 2 is 2.00 bits per heavy atom. The molecule has 2 N–H and O–H groups in total. The quantitative estimate of drug-likeness (QED) is 0.836. The van der Waals surface area contributed by atoms with Gasteiger partial charge in [-0.1, -0.05) is 32.6 Å². The normalized spacial score (nSPS) is 29.8. The van der Waals surface area contributed by atoms with Crippen LogP contribution in [0, 0.1) is 5.92 Å². The molecule has 2 fully saturated rings. The van der Waals surface area contributed by atoms with Crippen LogP contribution in [0.3, 0.4) is 0 Å². The summed E-state index contributed by atoms with van der Waals surface area (Å²) < 4.78 is 0. The van der Waals surface area contributed by atoms with Crippen LogP contribution in [-0.2, 0) is 4.79 Å². The SMILES string of the molecule is CCCCC(N)C(=O)N1CCCC2CCCCC21. The number of nitrogens with zero attached hydrogens (tertiary/aromatic N) is 1. The Morgan fingerprint density at radius 1 is 1.28 bits per heavy atom. The molecule has 1 heterocycles. The minimum Gasteiger partial charge on any atom is -0.338 e. The second-order valence-corrected chi connectivity index (χ2v) is 6.03. The van der Waals surface area contributed by atoms with Crippen LogP contribution in [0.25, 0.3) is 0 Å². The van der Waals surface area contributed by atoms with Gasteiger partial charge in [-0.2, -0.15) is 0 Å². The zero-order valence-corrected chi connectivity index (χ0v) is 11.7. The lowest BCUT2D eigenvalue weighted by Gasteiger charge is -2.45. The number of fused-ring (bicyclic) bond motifs is 1. The molecule has 18 heavy (non-hydrogen) atoms. The number of amides is 1. The van der Waals surface area contributed by atoms with Gasteiger partial charge in [-0.15, -0.1) is 0 Å². The first-order chi connectivity index (χ1) is 8.74. The smallest absolute Gasteiger partial charge is 0.239 e. The number of hydrogen-bond acceptors (Lipinski definition) is 2. The molecule has 0 aromatic heterocycles. The molecule has 0 bridgehead atoms. The molecule has 1 aliphatic heterocycles. The third-order valence-corrected chi connectivity index (χ3v) is 4.71. The molecule has 2 aliphatic rings. The van der Waals surface area contributed by atoms with Gasteiger partial charge in [0.25, 0.3) is 0 Å². The van der Waals surface area contributed by atoms with Crippen LogP contribution in [0.2, 0.25) is 0 Å². The number of piperidine rings is 1. The Bertz CT molecular complexity index is 278. The highest BCUT2D eigenvalue weighted by atomic mass is 16.2. The van der Waals surface area contributed by atoms with E-state index in [2.05, 4.69) is 11.8 Å². The molecule has 0 aromatic carbocycles. The van der Waals surface area contributed by atoms with Crippen molar-refractivity contribution in [3.63, 3.8) is 0 Å². The number of carbonyl (C=O) groups is 1. The summed E-state index contributed by atoms with van der Waals surface area (Å²) in [6.45, 7) is 3.09. The number of likely N-dealkylation sites (tertiary alicyclic amines) is 1. The summed E-state index contributed by atoms with van der Waals surface area (Å²) in [5.74, 6) is 0.981. The highest BCUT2D eigenvalue weighted by Crippen LogP contribution is 2.35. The van der Waals surface area contributed by atoms with Crippen molar-refractivity contribution in [1.82, 2.24) is 4.90 Å². The lowest BCUT2D eigenvalue weighted by molar-refractivity contribution is -0.139. The topological polar surface area (TPSA) is 46.3 Å². The highest BCUT2D eigenvalue weighted by Gasteiger charge is 2.36. The number of carbonyl (C=O) groups excluding carboxylic acids is 1. The lowest BCUT2D eigenvalue weighted by atomic mass is 9.78. The maximum absolute atomic E-state index is 12.5. The Balaban J connectivity index is 1.95. The van der Waals surface area contributed by atoms with Gasteiger partial charge < -0.3 is 10.6 Å². The van der Waals surface area contributed by atoms with Gasteiger partial charge in [-0.25, -0.2) is 0 Å². The van der Waals surface area contributed by atoms with Gasteiger partial charge in [-0.05, 0) is 38.0 Å². The minimum atomic E-state index is -0.259. The Morgan fingerprint density at radius 3 is 2.78 bits per heavy atom. The summed E-state index contributed by atoms with van der Waals surface area (Å²) in [5.41, 5.74) is 6.06. The third kappa shape index (κ3) is 3.05. The van der Waals surface area contributed by atoms with Crippen molar-refractivity contribution in [3.05, 3.63) is 0 Å². The van der Waals surface area contributed by atoms with E-state index in [0.717, 1.165) is 31.7 Å². The largest absolute Gasteiger partial charge is 0.338 e. The first-order valence-electron chi connectivity index (χ1n) is 7.80. The van der Waals surface area contributed by atoms with Crippen molar-refractivity contribution in [2.45, 2.75) is 76.8 Å². The zero-order chi connectivity index (χ0) is 13.0. The molecule has 3 unspecified atom stereocenters. The second kappa shape index (κ2) is 6.55. The molecule has 0 spiro atoms. The van der Waals surface area contributed by atoms with Gasteiger partial charge in [0, 0.05) is 12.6 Å². The average Bonchev–Trinajstić information content (AvgIpc) is 2.43. The van der Waals surface area contributed by atoms with Crippen LogP contribution >= 0.6 is 0 Å². The van der Waals surface area contributed by atoms with Gasteiger partial charge >= 0.3 is 0 Å². The van der Waals surface area contributed by atoms with E-state index in [4.69, 9.17) is 5.73 Å². The fourth-order valence-electron chi connectivity index (χ4n) is 3.66. The first-order valence-corrected chi connectivity index (χ1v) is 7.80. The van der Waals surface area contributed by atoms with Gasteiger partial charge in [-0.3, -0.25) is 4.79 Å². The summed E-state index contributed by atoms with van der Waals surface area (Å²) >= 11 is 0. The number of nitrogens with two attached hydrogens (primary N) is 1. The van der Waals surface area contributed by atoms with E-state index in [0.29, 0.717) is 6.04 Å². The van der Waals surface area contributed by atoms with Crippen LogP contribution in [0.15, 0.2) is 0 Å². The fourth-order valence-corrected chi connectivity index (χ4v) is 3.66. The molecule has 1 aliphatic carbocycles. The molecule has 2 rings (SSSR count). The zero-order valence-electron chi connectivity index (χ0n) is 11.7. The fraction of sp³-hybridized carbons (Fsp3) is 0.933. The van der Waals surface area contributed by atoms with E-state index < -0.39 is 0 Å². The van der Waals surface area contributed by atoms with Crippen molar-refractivity contribution < 1.29 is 4.79 Å². The summed E-state index contributed by atoms with van der Waals surface area (Å²) in [7, 11) is 0. The monoisotopic (exact) mass is 252 g/mol. The molecule has 1 saturated carbocycles. The summed E-state index contributed by atoms with van der Waals surface area (Å²) in [6, 6.07) is 0.248. The maximum Gasteiger partial charge on any atom is 0.239 e. The van der Waals surface area contributed by atoms with Crippen molar-refractivity contribution in [2.75, 3.05) is 6.54 Å². The van der Waals surface area contributed by atoms with Crippen molar-refractivity contribution in [1.29, 1.82) is 0 Å². The van der Waals surface area contributed by atoms with E-state index in [1.807, 2.05) is 0 Å². The van der Waals surface area contributed by atoms with E-state index >= 15 is 0 Å². The molecule has 3 heteroatoms. The minimum absolute atomic E-state index is 0.222. The van der Waals surface area contributed by atoms with E-state index in [-0.39, 0.29) is 11.9 Å². The summed E-state index contributed by atoms with van der Waals surface area (Å²) in [6.07, 6.45) is 10.7. The molecular formula is C15H28N2O. The Labute approximate surface area is 111 Å². The molecule has 3 atom stereocenters. The van der Waals surface area contributed by atoms with E-state index in [9.17, 15) is 4.79 Å². The molecule has 104 valence electrons. The molecular weight excluding hydrogens is 224 g/mol. The van der Waals surface area contributed by atoms with Gasteiger partial charge in [0.05, 0.1) is 6.04 Å². The Kier molecular flexibility index (Phi) is 5.04. The highest BCUT2D eigenvalue weighted by molar-refractivity contribution is 5.82. The van der Waals surface area contributed by atoms with Crippen molar-refractivity contribution in [3.8, 4) is 0 Å². The predicted molar refractivity (Wildman–Crippen MR) is 74.2 cm³/mol. The van der Waals surface area contributed by atoms with Crippen LogP contribution in [0.1, 0.15) is 64.7 Å². The number of rotatable bonds is 4. The molecule has 0 aromatic rings. The van der Waals surface area contributed by atoms with E-state index in [1.54, 1.807) is 0 Å². The van der Waals surface area contributed by atoms with Crippen LogP contribution in [0.5, 0.6) is 0 Å². The van der Waals surface area contributed by atoms with Crippen LogP contribution in [0.4, 0.5) is 0 Å². The molecule has 0 radical (unpaired) electrons. The predicted octanol–water partition coefficient (Wildman–Crippen LogP) is 2.69. The first kappa shape index (κ1) is 13.9. The Hall–Kier alpha value is -0.570. The van der Waals surface area contributed by atoms with Gasteiger partial charge in [0.15, 0.2) is 0 Å². The summed E-state index contributed by atoms with van der Waals surface area (Å²) in [4.78, 5) is 14.6. The lowest BCUT2D eigenvalue weighted by Crippen LogP contribution is -2.54. The standard InChI is InChI=1S/C15H28N2O/c1-2-3-9-13(16)15(18)17-11-6-8-12-7-4-5-10-14(12)17/h12-14H,2-11,16H2,1H3. The van der Waals surface area contributed by atoms with Crippen molar-refractivity contribution in [2.24, 2.45) is 11.7 Å². The molecule has 1 saturated heterocycles. The van der Waals surface area contributed by atoms with E-state index in [1.165, 1.54) is 38.5 Å². The number of unbranched alkanes of at least 4 members (excludes halogenated alkanes) is 1. The third-order valence-electron chi connectivity index (χ3n) is 4.71. The second-order valence-electron chi connectivity index (χ2n) is 6.03. The van der Waals surface area contributed by atoms with Crippen LogP contribution in [-0.4, -0.2) is 29.4 Å². The molecule has 3 nitrogen and oxygen atoms in total. The summed E-state index contributed by atoms with van der Waals surface area (Å²) in [5, 5.41) is 0. The van der Waals surface area contributed by atoms with Crippen LogP contribution < -0.4 is 5.73 Å².